The summed E-state index contributed by atoms with van der Waals surface area (Å²) in [5.74, 6) is 0. The number of rotatable bonds is 0. The molecule has 0 aliphatic heterocycles. The van der Waals surface area contributed by atoms with Gasteiger partial charge in [0.1, 0.15) is 6.42 Å². The zero-order valence-electron chi connectivity index (χ0n) is 4.02. The highest BCUT2D eigenvalue weighted by Crippen LogP contribution is 1.59. The maximum atomic E-state index is 7.59. The van der Waals surface area contributed by atoms with Gasteiger partial charge in [-0.15, -0.1) is 13.2 Å². The van der Waals surface area contributed by atoms with E-state index < -0.39 is 0 Å². The Bertz CT molecular complexity index is 81.6. The molecule has 7 heavy (non-hydrogen) atoms. The van der Waals surface area contributed by atoms with E-state index in [1.165, 1.54) is 0 Å². The van der Waals surface area contributed by atoms with Crippen molar-refractivity contribution in [3.8, 4) is 12.1 Å². The minimum absolute atomic E-state index is 0. The first kappa shape index (κ1) is 9.21. The lowest BCUT2D eigenvalue weighted by Gasteiger charge is -1.45. The number of nitrogens with zero attached hydrogens (tertiary/aromatic N) is 2. The Morgan fingerprint density at radius 2 is 1.43 bits per heavy atom. The maximum Gasteiger partial charge on any atom is 0.122 e. The van der Waals surface area contributed by atoms with Crippen molar-refractivity contribution in [1.29, 1.82) is 10.5 Å². The van der Waals surface area contributed by atoms with Gasteiger partial charge in [-0.2, -0.15) is 10.5 Å². The number of hydrogen-bond acceptors (Lipinski definition) is 2. The molecule has 2 heteroatoms. The highest BCUT2D eigenvalue weighted by atomic mass is 14.3. The lowest BCUT2D eigenvalue weighted by molar-refractivity contribution is 1.33. The lowest BCUT2D eigenvalue weighted by Crippen LogP contribution is -1.47. The molecule has 36 valence electrons. The fraction of sp³-hybridized carbons (Fsp3) is 0.200. The molecule has 0 fully saturated rings. The van der Waals surface area contributed by atoms with Crippen LogP contribution >= 0.6 is 0 Å². The molecule has 0 unspecified atom stereocenters. The molecule has 0 amide bonds. The predicted molar refractivity (Wildman–Crippen MR) is 27.1 cm³/mol. The van der Waals surface area contributed by atoms with Crippen molar-refractivity contribution in [2.45, 2.75) is 6.42 Å². The van der Waals surface area contributed by atoms with Crippen molar-refractivity contribution in [2.24, 2.45) is 0 Å². The molecule has 0 atom stereocenters. The first-order valence-electron chi connectivity index (χ1n) is 1.65. The third-order valence-corrected chi connectivity index (χ3v) is 0.158. The average molecular weight is 94.1 g/mol. The van der Waals surface area contributed by atoms with E-state index in [-0.39, 0.29) is 6.42 Å². The van der Waals surface area contributed by atoms with Crippen molar-refractivity contribution < 1.29 is 0 Å². The highest BCUT2D eigenvalue weighted by molar-refractivity contribution is 4.85. The maximum absolute atomic E-state index is 7.59. The standard InChI is InChI=1S/C3H2N2.C2H4/c4-2-1-3-5;1-2/h1H2;1-2H2. The van der Waals surface area contributed by atoms with Crippen LogP contribution in [0.5, 0.6) is 0 Å². The Morgan fingerprint density at radius 3 is 1.43 bits per heavy atom. The molecule has 0 radical (unpaired) electrons. The second kappa shape index (κ2) is 22.1. The van der Waals surface area contributed by atoms with Gasteiger partial charge in [-0.05, 0) is 0 Å². The molecule has 0 aromatic carbocycles. The van der Waals surface area contributed by atoms with Gasteiger partial charge in [-0.1, -0.05) is 0 Å². The molecule has 0 aliphatic carbocycles. The van der Waals surface area contributed by atoms with E-state index in [1.807, 2.05) is 0 Å². The molecule has 0 aromatic rings. The fourth-order valence-corrected chi connectivity index (χ4v) is 0.0354. The van der Waals surface area contributed by atoms with Gasteiger partial charge in [-0.25, -0.2) is 0 Å². The van der Waals surface area contributed by atoms with Gasteiger partial charge < -0.3 is 0 Å². The number of hydrogen-bond donors (Lipinski definition) is 0. The van der Waals surface area contributed by atoms with Crippen molar-refractivity contribution in [3.63, 3.8) is 0 Å². The molecule has 0 saturated carbocycles. The van der Waals surface area contributed by atoms with Gasteiger partial charge in [0, 0.05) is 0 Å². The minimum Gasteiger partial charge on any atom is -0.197 e. The summed E-state index contributed by atoms with van der Waals surface area (Å²) >= 11 is 0. The Kier molecular flexibility index (Phi) is 29.0. The zero-order valence-corrected chi connectivity index (χ0v) is 4.02. The largest absolute Gasteiger partial charge is 0.197 e. The summed E-state index contributed by atoms with van der Waals surface area (Å²) in [6, 6.07) is 3.31. The van der Waals surface area contributed by atoms with E-state index >= 15 is 0 Å². The molecular formula is C5H6N2. The van der Waals surface area contributed by atoms with E-state index in [0.717, 1.165) is 0 Å². The van der Waals surface area contributed by atoms with Crippen LogP contribution in [-0.4, -0.2) is 0 Å². The Balaban J connectivity index is 0. The summed E-state index contributed by atoms with van der Waals surface area (Å²) in [7, 11) is 0. The van der Waals surface area contributed by atoms with Crippen LogP contribution in [0.4, 0.5) is 0 Å². The van der Waals surface area contributed by atoms with Crippen LogP contribution in [0.25, 0.3) is 0 Å². The topological polar surface area (TPSA) is 47.6 Å². The second-order valence-corrected chi connectivity index (χ2v) is 0.493. The summed E-state index contributed by atoms with van der Waals surface area (Å²) in [6.45, 7) is 6.00. The monoisotopic (exact) mass is 94.1 g/mol. The average Bonchev–Trinajstić information content (AvgIpc) is 1.75. The van der Waals surface area contributed by atoms with Crippen LogP contribution in [-0.2, 0) is 0 Å². The molecule has 0 aliphatic rings. The molecule has 0 aromatic heterocycles. The quantitative estimate of drug-likeness (QED) is 0.424. The normalized spacial score (nSPS) is 3.71. The van der Waals surface area contributed by atoms with Gasteiger partial charge in [-0.3, -0.25) is 0 Å². The smallest absolute Gasteiger partial charge is 0.122 e. The molecule has 0 rings (SSSR count). The Morgan fingerprint density at radius 1 is 1.14 bits per heavy atom. The molecule has 0 saturated heterocycles. The first-order valence-corrected chi connectivity index (χ1v) is 1.65. The summed E-state index contributed by atoms with van der Waals surface area (Å²) in [6.07, 6.45) is 0. The van der Waals surface area contributed by atoms with E-state index in [4.69, 9.17) is 10.5 Å². The van der Waals surface area contributed by atoms with Gasteiger partial charge in [0.25, 0.3) is 0 Å². The van der Waals surface area contributed by atoms with Crippen molar-refractivity contribution in [2.75, 3.05) is 0 Å². The highest BCUT2D eigenvalue weighted by Gasteiger charge is 1.61. The molecule has 2 nitrogen and oxygen atoms in total. The molecular weight excluding hydrogens is 88.1 g/mol. The van der Waals surface area contributed by atoms with Crippen LogP contribution in [0.3, 0.4) is 0 Å². The van der Waals surface area contributed by atoms with E-state index in [9.17, 15) is 0 Å². The minimum atomic E-state index is 0. The van der Waals surface area contributed by atoms with Crippen molar-refractivity contribution in [3.05, 3.63) is 13.2 Å². The van der Waals surface area contributed by atoms with Crippen LogP contribution in [0.15, 0.2) is 13.2 Å². The molecule has 0 N–H and O–H groups in total. The van der Waals surface area contributed by atoms with Gasteiger partial charge in [0.2, 0.25) is 0 Å². The third-order valence-electron chi connectivity index (χ3n) is 0.158. The van der Waals surface area contributed by atoms with Crippen molar-refractivity contribution in [1.82, 2.24) is 0 Å². The molecule has 0 spiro atoms. The summed E-state index contributed by atoms with van der Waals surface area (Å²) in [4.78, 5) is 0. The van der Waals surface area contributed by atoms with Gasteiger partial charge in [0.15, 0.2) is 0 Å². The number of nitriles is 2. The summed E-state index contributed by atoms with van der Waals surface area (Å²) in [5.41, 5.74) is 0. The van der Waals surface area contributed by atoms with Crippen molar-refractivity contribution >= 4 is 0 Å². The van der Waals surface area contributed by atoms with Gasteiger partial charge in [0.05, 0.1) is 12.1 Å². The SMILES string of the molecule is C=C.N#CCC#N. The van der Waals surface area contributed by atoms with Crippen LogP contribution < -0.4 is 0 Å². The second-order valence-electron chi connectivity index (χ2n) is 0.493. The van der Waals surface area contributed by atoms with Crippen LogP contribution in [0, 0.1) is 22.7 Å². The van der Waals surface area contributed by atoms with Crippen LogP contribution in [0.2, 0.25) is 0 Å². The Labute approximate surface area is 43.3 Å². The summed E-state index contributed by atoms with van der Waals surface area (Å²) < 4.78 is 0. The van der Waals surface area contributed by atoms with Gasteiger partial charge >= 0.3 is 0 Å². The van der Waals surface area contributed by atoms with E-state index in [2.05, 4.69) is 13.2 Å². The lowest BCUT2D eigenvalue weighted by atomic mass is 10.5. The fourth-order valence-electron chi connectivity index (χ4n) is 0.0354. The summed E-state index contributed by atoms with van der Waals surface area (Å²) in [5, 5.41) is 15.2. The third kappa shape index (κ3) is 67.4. The molecule has 0 heterocycles. The van der Waals surface area contributed by atoms with Crippen LogP contribution in [0.1, 0.15) is 6.42 Å². The predicted octanol–water partition coefficient (Wildman–Crippen LogP) is 1.23. The zero-order chi connectivity index (χ0) is 6.12. The van der Waals surface area contributed by atoms with E-state index in [1.54, 1.807) is 12.1 Å². The Hall–Kier alpha value is -1.28. The molecule has 0 bridgehead atoms. The van der Waals surface area contributed by atoms with E-state index in [0.29, 0.717) is 0 Å². The first-order chi connectivity index (χ1) is 3.41.